The largest absolute Gasteiger partial charge is 0.497 e. The molecule has 0 radical (unpaired) electrons. The highest BCUT2D eigenvalue weighted by Gasteiger charge is 2.15. The number of pyridine rings is 1. The number of sulfonamides is 1. The summed E-state index contributed by atoms with van der Waals surface area (Å²) in [7, 11) is -2.06. The third kappa shape index (κ3) is 3.97. The number of hydrogen-bond acceptors (Lipinski definition) is 4. The zero-order valence-corrected chi connectivity index (χ0v) is 14.7. The van der Waals surface area contributed by atoms with Crippen molar-refractivity contribution in [3.63, 3.8) is 0 Å². The van der Waals surface area contributed by atoms with Gasteiger partial charge in [0.15, 0.2) is 0 Å². The van der Waals surface area contributed by atoms with Crippen molar-refractivity contribution in [3.05, 3.63) is 72.4 Å². The molecule has 2 aromatic carbocycles. The average Bonchev–Trinajstić information content (AvgIpc) is 2.61. The molecule has 25 heavy (non-hydrogen) atoms. The standard InChI is InChI=1S/C19H18N2O3S/c1-14-4-3-5-19(20-14)21-25(22,23)18-12-8-16(9-13-18)15-6-10-17(24-2)11-7-15/h3-13H,1-2H3,(H,20,21). The van der Waals surface area contributed by atoms with E-state index in [0.29, 0.717) is 5.82 Å². The molecule has 0 atom stereocenters. The summed E-state index contributed by atoms with van der Waals surface area (Å²) in [5.74, 6) is 1.08. The Morgan fingerprint density at radius 3 is 2.04 bits per heavy atom. The molecule has 128 valence electrons. The Hall–Kier alpha value is -2.86. The topological polar surface area (TPSA) is 68.3 Å². The van der Waals surface area contributed by atoms with Gasteiger partial charge in [0, 0.05) is 5.69 Å². The zero-order valence-electron chi connectivity index (χ0n) is 13.9. The van der Waals surface area contributed by atoms with Gasteiger partial charge in [-0.3, -0.25) is 4.72 Å². The summed E-state index contributed by atoms with van der Waals surface area (Å²) in [6, 6.07) is 19.5. The monoisotopic (exact) mass is 354 g/mol. The molecule has 0 bridgehead atoms. The van der Waals surface area contributed by atoms with Gasteiger partial charge in [0.1, 0.15) is 11.6 Å². The van der Waals surface area contributed by atoms with Crippen LogP contribution in [-0.2, 0) is 10.0 Å². The summed E-state index contributed by atoms with van der Waals surface area (Å²) in [5.41, 5.74) is 2.66. The molecule has 5 nitrogen and oxygen atoms in total. The van der Waals surface area contributed by atoms with E-state index in [2.05, 4.69) is 9.71 Å². The number of anilines is 1. The van der Waals surface area contributed by atoms with Crippen molar-refractivity contribution in [2.45, 2.75) is 11.8 Å². The molecule has 3 aromatic rings. The third-order valence-corrected chi connectivity index (χ3v) is 5.09. The molecule has 0 aliphatic heterocycles. The van der Waals surface area contributed by atoms with Crippen LogP contribution >= 0.6 is 0 Å². The number of aromatic nitrogens is 1. The molecule has 0 aliphatic rings. The number of aryl methyl sites for hydroxylation is 1. The van der Waals surface area contributed by atoms with Crippen LogP contribution in [0.5, 0.6) is 5.75 Å². The van der Waals surface area contributed by atoms with Crippen molar-refractivity contribution in [3.8, 4) is 16.9 Å². The molecule has 1 aromatic heterocycles. The summed E-state index contributed by atoms with van der Waals surface area (Å²) in [4.78, 5) is 4.35. The molecule has 0 unspecified atom stereocenters. The second-order valence-corrected chi connectivity index (χ2v) is 7.20. The lowest BCUT2D eigenvalue weighted by Crippen LogP contribution is -2.14. The van der Waals surface area contributed by atoms with Gasteiger partial charge in [-0.05, 0) is 54.4 Å². The number of nitrogens with one attached hydrogen (secondary N) is 1. The third-order valence-electron chi connectivity index (χ3n) is 3.72. The van der Waals surface area contributed by atoms with Gasteiger partial charge in [0.2, 0.25) is 0 Å². The molecule has 0 spiro atoms. The van der Waals surface area contributed by atoms with Crippen LogP contribution in [-0.4, -0.2) is 20.5 Å². The molecule has 0 saturated heterocycles. The Labute approximate surface area is 147 Å². The predicted molar refractivity (Wildman–Crippen MR) is 98.2 cm³/mol. The molecule has 0 amide bonds. The Morgan fingerprint density at radius 1 is 0.880 bits per heavy atom. The molecule has 6 heteroatoms. The van der Waals surface area contributed by atoms with Crippen LogP contribution in [0.3, 0.4) is 0 Å². The van der Waals surface area contributed by atoms with E-state index in [0.717, 1.165) is 22.6 Å². The lowest BCUT2D eigenvalue weighted by molar-refractivity contribution is 0.415. The van der Waals surface area contributed by atoms with E-state index >= 15 is 0 Å². The maximum Gasteiger partial charge on any atom is 0.263 e. The number of ether oxygens (including phenoxy) is 1. The second-order valence-electron chi connectivity index (χ2n) is 5.52. The van der Waals surface area contributed by atoms with E-state index in [4.69, 9.17) is 4.74 Å². The molecule has 0 fully saturated rings. The molecular weight excluding hydrogens is 336 g/mol. The van der Waals surface area contributed by atoms with Crippen LogP contribution < -0.4 is 9.46 Å². The van der Waals surface area contributed by atoms with E-state index < -0.39 is 10.0 Å². The van der Waals surface area contributed by atoms with Gasteiger partial charge < -0.3 is 4.74 Å². The van der Waals surface area contributed by atoms with E-state index in [1.165, 1.54) is 0 Å². The van der Waals surface area contributed by atoms with Crippen molar-refractivity contribution >= 4 is 15.8 Å². The molecule has 1 N–H and O–H groups in total. The Kier molecular flexibility index (Phi) is 4.72. The molecule has 0 aliphatic carbocycles. The minimum atomic E-state index is -3.67. The summed E-state index contributed by atoms with van der Waals surface area (Å²) >= 11 is 0. The number of hydrogen-bond donors (Lipinski definition) is 1. The quantitative estimate of drug-likeness (QED) is 0.755. The Bertz CT molecular complexity index is 966. The smallest absolute Gasteiger partial charge is 0.263 e. The van der Waals surface area contributed by atoms with Gasteiger partial charge >= 0.3 is 0 Å². The first-order valence-electron chi connectivity index (χ1n) is 7.69. The minimum Gasteiger partial charge on any atom is -0.497 e. The van der Waals surface area contributed by atoms with Crippen LogP contribution in [0, 0.1) is 6.92 Å². The highest BCUT2D eigenvalue weighted by Crippen LogP contribution is 2.24. The highest BCUT2D eigenvalue weighted by molar-refractivity contribution is 7.92. The fourth-order valence-electron chi connectivity index (χ4n) is 2.41. The summed E-state index contributed by atoms with van der Waals surface area (Å²) in [6.45, 7) is 1.81. The van der Waals surface area contributed by atoms with Gasteiger partial charge in [-0.15, -0.1) is 0 Å². The number of nitrogens with zero attached hydrogens (tertiary/aromatic N) is 1. The van der Waals surface area contributed by atoms with Crippen LogP contribution in [0.25, 0.3) is 11.1 Å². The lowest BCUT2D eigenvalue weighted by atomic mass is 10.1. The van der Waals surface area contributed by atoms with Crippen LogP contribution in [0.1, 0.15) is 5.69 Å². The second kappa shape index (κ2) is 6.94. The Morgan fingerprint density at radius 2 is 1.48 bits per heavy atom. The van der Waals surface area contributed by atoms with Gasteiger partial charge in [-0.25, -0.2) is 13.4 Å². The van der Waals surface area contributed by atoms with E-state index in [1.807, 2.05) is 24.3 Å². The van der Waals surface area contributed by atoms with E-state index in [1.54, 1.807) is 56.5 Å². The summed E-state index contributed by atoms with van der Waals surface area (Å²) < 4.78 is 32.6. The lowest BCUT2D eigenvalue weighted by Gasteiger charge is -2.09. The van der Waals surface area contributed by atoms with Crippen molar-refractivity contribution in [2.24, 2.45) is 0 Å². The Balaban J connectivity index is 1.83. The maximum atomic E-state index is 12.5. The number of methoxy groups -OCH3 is 1. The summed E-state index contributed by atoms with van der Waals surface area (Å²) in [5, 5.41) is 0. The van der Waals surface area contributed by atoms with Crippen molar-refractivity contribution in [1.82, 2.24) is 4.98 Å². The van der Waals surface area contributed by atoms with Gasteiger partial charge in [-0.1, -0.05) is 30.3 Å². The molecule has 0 saturated carbocycles. The zero-order chi connectivity index (χ0) is 17.9. The molecule has 1 heterocycles. The van der Waals surface area contributed by atoms with Gasteiger partial charge in [0.25, 0.3) is 10.0 Å². The first-order valence-corrected chi connectivity index (χ1v) is 9.17. The average molecular weight is 354 g/mol. The van der Waals surface area contributed by atoms with Crippen molar-refractivity contribution in [1.29, 1.82) is 0 Å². The maximum absolute atomic E-state index is 12.5. The number of benzene rings is 2. The molecule has 3 rings (SSSR count). The number of rotatable bonds is 5. The van der Waals surface area contributed by atoms with E-state index in [-0.39, 0.29) is 4.90 Å². The predicted octanol–water partition coefficient (Wildman–Crippen LogP) is 3.87. The normalized spacial score (nSPS) is 11.1. The van der Waals surface area contributed by atoms with Gasteiger partial charge in [0.05, 0.1) is 12.0 Å². The highest BCUT2D eigenvalue weighted by atomic mass is 32.2. The van der Waals surface area contributed by atoms with Crippen LogP contribution in [0.2, 0.25) is 0 Å². The van der Waals surface area contributed by atoms with Crippen LogP contribution in [0.15, 0.2) is 71.6 Å². The first kappa shape index (κ1) is 17.0. The fourth-order valence-corrected chi connectivity index (χ4v) is 3.41. The summed E-state index contributed by atoms with van der Waals surface area (Å²) in [6.07, 6.45) is 0. The van der Waals surface area contributed by atoms with Crippen molar-refractivity contribution in [2.75, 3.05) is 11.8 Å². The SMILES string of the molecule is COc1ccc(-c2ccc(S(=O)(=O)Nc3cccc(C)n3)cc2)cc1. The van der Waals surface area contributed by atoms with E-state index in [9.17, 15) is 8.42 Å². The van der Waals surface area contributed by atoms with Crippen molar-refractivity contribution < 1.29 is 13.2 Å². The molecular formula is C19H18N2O3S. The minimum absolute atomic E-state index is 0.188. The van der Waals surface area contributed by atoms with Crippen LogP contribution in [0.4, 0.5) is 5.82 Å². The van der Waals surface area contributed by atoms with Gasteiger partial charge in [-0.2, -0.15) is 0 Å². The first-order chi connectivity index (χ1) is 12.0. The fraction of sp³-hybridized carbons (Fsp3) is 0.105.